The first-order valence-corrected chi connectivity index (χ1v) is 9.13. The molecular weight excluding hydrogens is 399 g/mol. The fourth-order valence-electron chi connectivity index (χ4n) is 1.60. The molecule has 1 atom stereocenters. The third-order valence-corrected chi connectivity index (χ3v) is 5.69. The van der Waals surface area contributed by atoms with Crippen molar-refractivity contribution in [2.24, 2.45) is 0 Å². The number of alkyl halides is 2. The van der Waals surface area contributed by atoms with Crippen molar-refractivity contribution in [1.82, 2.24) is 0 Å². The van der Waals surface area contributed by atoms with Gasteiger partial charge < -0.3 is 13.8 Å². The van der Waals surface area contributed by atoms with Crippen molar-refractivity contribution in [3.8, 4) is 0 Å². The van der Waals surface area contributed by atoms with E-state index in [4.69, 9.17) is 13.8 Å². The smallest absolute Gasteiger partial charge is 0.361 e. The van der Waals surface area contributed by atoms with Gasteiger partial charge in [-0.1, -0.05) is 56.1 Å². The molecule has 0 saturated heterocycles. The molecule has 0 aromatic heterocycles. The Bertz CT molecular complexity index is 428. The van der Waals surface area contributed by atoms with Crippen LogP contribution in [0.1, 0.15) is 27.6 Å². The zero-order chi connectivity index (χ0) is 14.5. The van der Waals surface area contributed by atoms with E-state index in [1.54, 1.807) is 0 Å². The summed E-state index contributed by atoms with van der Waals surface area (Å²) in [5, 5.41) is 0. The van der Waals surface area contributed by atoms with E-state index in [0.29, 0.717) is 6.61 Å². The summed E-state index contributed by atoms with van der Waals surface area (Å²) in [6.07, 6.45) is 0. The third kappa shape index (κ3) is 4.38. The molecular formula is C12H17Br2O4P. The first kappa shape index (κ1) is 17.3. The van der Waals surface area contributed by atoms with Crippen LogP contribution >= 0.6 is 39.5 Å². The molecule has 0 saturated carbocycles. The average molecular weight is 416 g/mol. The van der Waals surface area contributed by atoms with E-state index in [9.17, 15) is 4.57 Å². The number of hydrogen-bond donors (Lipinski definition) is 0. The fourth-order valence-corrected chi connectivity index (χ4v) is 3.61. The van der Waals surface area contributed by atoms with Crippen LogP contribution in [-0.4, -0.2) is 20.8 Å². The Labute approximate surface area is 130 Å². The summed E-state index contributed by atoms with van der Waals surface area (Å²) in [6.45, 7) is 2.26. The molecule has 0 fully saturated rings. The van der Waals surface area contributed by atoms with E-state index in [0.717, 1.165) is 11.1 Å². The molecule has 1 aromatic rings. The summed E-state index contributed by atoms with van der Waals surface area (Å²) in [5.41, 5.74) is 1.82. The Morgan fingerprint density at radius 3 is 1.95 bits per heavy atom. The molecule has 0 spiro atoms. The second-order valence-corrected chi connectivity index (χ2v) is 9.02. The summed E-state index contributed by atoms with van der Waals surface area (Å²) in [4.78, 5) is 0. The maximum Gasteiger partial charge on any atom is 0.363 e. The maximum absolute atomic E-state index is 12.5. The van der Waals surface area contributed by atoms with Gasteiger partial charge in [-0.3, -0.25) is 4.57 Å². The van der Waals surface area contributed by atoms with Gasteiger partial charge >= 0.3 is 7.60 Å². The molecule has 7 heteroatoms. The van der Waals surface area contributed by atoms with E-state index in [2.05, 4.69) is 31.9 Å². The topological polar surface area (TPSA) is 44.8 Å². The summed E-state index contributed by atoms with van der Waals surface area (Å²) < 4.78 is 28.1. The summed E-state index contributed by atoms with van der Waals surface area (Å²) >= 11 is 6.85. The van der Waals surface area contributed by atoms with Crippen LogP contribution in [0.5, 0.6) is 0 Å². The molecule has 0 N–H and O–H groups in total. The van der Waals surface area contributed by atoms with Gasteiger partial charge in [0.25, 0.3) is 0 Å². The average Bonchev–Trinajstić information content (AvgIpc) is 2.44. The minimum absolute atomic E-state index is 0.0799. The van der Waals surface area contributed by atoms with Crippen molar-refractivity contribution in [2.75, 3.05) is 20.8 Å². The summed E-state index contributed by atoms with van der Waals surface area (Å²) in [5.74, 6) is -0.717. The summed E-state index contributed by atoms with van der Waals surface area (Å²) in [6, 6.07) is 7.56. The number of hydrogen-bond acceptors (Lipinski definition) is 4. The van der Waals surface area contributed by atoms with Gasteiger partial charge in [-0.15, -0.1) is 0 Å². The zero-order valence-electron chi connectivity index (χ0n) is 11.0. The SMILES string of the molecule is CCOC(c1ccc(C(Br)Br)cc1)P(=O)(OC)OC. The molecule has 1 unspecified atom stereocenters. The van der Waals surface area contributed by atoms with E-state index in [-0.39, 0.29) is 3.74 Å². The van der Waals surface area contributed by atoms with Crippen molar-refractivity contribution < 1.29 is 18.3 Å². The Balaban J connectivity index is 3.09. The quantitative estimate of drug-likeness (QED) is 0.464. The van der Waals surface area contributed by atoms with Crippen molar-refractivity contribution in [2.45, 2.75) is 16.5 Å². The largest absolute Gasteiger partial charge is 0.363 e. The van der Waals surface area contributed by atoms with Gasteiger partial charge in [0.1, 0.15) is 0 Å². The molecule has 0 radical (unpaired) electrons. The van der Waals surface area contributed by atoms with Crippen LogP contribution in [0.25, 0.3) is 0 Å². The Hall–Kier alpha value is 0.290. The van der Waals surface area contributed by atoms with Gasteiger partial charge in [0, 0.05) is 20.8 Å². The highest BCUT2D eigenvalue weighted by Gasteiger charge is 2.36. The number of halogens is 2. The Kier molecular flexibility index (Phi) is 7.22. The van der Waals surface area contributed by atoms with Crippen molar-refractivity contribution in [1.29, 1.82) is 0 Å². The van der Waals surface area contributed by atoms with Crippen LogP contribution in [0.2, 0.25) is 0 Å². The van der Waals surface area contributed by atoms with E-state index in [1.807, 2.05) is 31.2 Å². The van der Waals surface area contributed by atoms with E-state index in [1.165, 1.54) is 14.2 Å². The predicted molar refractivity (Wildman–Crippen MR) is 83.0 cm³/mol. The first-order valence-electron chi connectivity index (χ1n) is 5.69. The summed E-state index contributed by atoms with van der Waals surface area (Å²) in [7, 11) is -0.597. The Morgan fingerprint density at radius 2 is 1.58 bits per heavy atom. The first-order chi connectivity index (χ1) is 8.98. The standard InChI is InChI=1S/C12H17Br2O4P/c1-4-18-12(19(15,16-2)17-3)10-7-5-9(6-8-10)11(13)14/h5-8,11-12H,4H2,1-3H3. The van der Waals surface area contributed by atoms with Crippen LogP contribution in [0, 0.1) is 0 Å². The van der Waals surface area contributed by atoms with Crippen LogP contribution in [0.15, 0.2) is 24.3 Å². The molecule has 0 bridgehead atoms. The molecule has 1 aromatic carbocycles. The van der Waals surface area contributed by atoms with Crippen molar-refractivity contribution in [3.05, 3.63) is 35.4 Å². The minimum atomic E-state index is -3.31. The molecule has 0 aliphatic rings. The van der Waals surface area contributed by atoms with Gasteiger partial charge in [0.05, 0.1) is 3.74 Å². The lowest BCUT2D eigenvalue weighted by atomic mass is 10.2. The van der Waals surface area contributed by atoms with Crippen LogP contribution in [0.3, 0.4) is 0 Å². The van der Waals surface area contributed by atoms with Gasteiger partial charge in [-0.2, -0.15) is 0 Å². The second kappa shape index (κ2) is 7.91. The second-order valence-electron chi connectivity index (χ2n) is 3.68. The zero-order valence-corrected chi connectivity index (χ0v) is 15.1. The van der Waals surface area contributed by atoms with Crippen LogP contribution in [-0.2, 0) is 18.3 Å². The third-order valence-electron chi connectivity index (χ3n) is 2.59. The maximum atomic E-state index is 12.5. The Morgan fingerprint density at radius 1 is 1.11 bits per heavy atom. The van der Waals surface area contributed by atoms with E-state index < -0.39 is 13.4 Å². The van der Waals surface area contributed by atoms with Gasteiger partial charge in [-0.25, -0.2) is 0 Å². The number of ether oxygens (including phenoxy) is 1. The number of rotatable bonds is 7. The molecule has 19 heavy (non-hydrogen) atoms. The highest BCUT2D eigenvalue weighted by atomic mass is 79.9. The van der Waals surface area contributed by atoms with E-state index >= 15 is 0 Å². The molecule has 0 aliphatic carbocycles. The highest BCUT2D eigenvalue weighted by Crippen LogP contribution is 2.60. The molecule has 0 amide bonds. The lowest BCUT2D eigenvalue weighted by Crippen LogP contribution is -2.08. The van der Waals surface area contributed by atoms with Crippen LogP contribution < -0.4 is 0 Å². The molecule has 4 nitrogen and oxygen atoms in total. The highest BCUT2D eigenvalue weighted by molar-refractivity contribution is 9.24. The van der Waals surface area contributed by atoms with Crippen molar-refractivity contribution >= 4 is 39.5 Å². The van der Waals surface area contributed by atoms with Gasteiger partial charge in [0.2, 0.25) is 0 Å². The van der Waals surface area contributed by atoms with Gasteiger partial charge in [-0.05, 0) is 18.1 Å². The predicted octanol–water partition coefficient (Wildman–Crippen LogP) is 5.00. The lowest BCUT2D eigenvalue weighted by Gasteiger charge is -2.24. The molecule has 0 aliphatic heterocycles. The monoisotopic (exact) mass is 414 g/mol. The molecule has 1 rings (SSSR count). The fraction of sp³-hybridized carbons (Fsp3) is 0.500. The minimum Gasteiger partial charge on any atom is -0.361 e. The molecule has 0 heterocycles. The van der Waals surface area contributed by atoms with Gasteiger partial charge in [0.15, 0.2) is 5.85 Å². The number of benzene rings is 1. The molecule has 108 valence electrons. The lowest BCUT2D eigenvalue weighted by molar-refractivity contribution is 0.0870. The van der Waals surface area contributed by atoms with Crippen molar-refractivity contribution in [3.63, 3.8) is 0 Å². The van der Waals surface area contributed by atoms with Crippen LogP contribution in [0.4, 0.5) is 0 Å². The normalized spacial score (nSPS) is 13.8.